The number of nitrogens with one attached hydrogen (secondary N) is 1. The Balaban J connectivity index is 1.78. The van der Waals surface area contributed by atoms with Gasteiger partial charge in [0.05, 0.1) is 19.0 Å². The summed E-state index contributed by atoms with van der Waals surface area (Å²) in [7, 11) is 1.62. The average Bonchev–Trinajstić information content (AvgIpc) is 2.54. The number of pyridine rings is 1. The Kier molecular flexibility index (Phi) is 3.51. The van der Waals surface area contributed by atoms with Crippen molar-refractivity contribution < 1.29 is 9.47 Å². The van der Waals surface area contributed by atoms with Crippen molar-refractivity contribution in [1.82, 2.24) is 15.0 Å². The Morgan fingerprint density at radius 1 is 1.14 bits per heavy atom. The zero-order valence-electron chi connectivity index (χ0n) is 11.4. The highest BCUT2D eigenvalue weighted by Crippen LogP contribution is 2.15. The molecule has 0 aliphatic heterocycles. The van der Waals surface area contributed by atoms with Gasteiger partial charge in [-0.05, 0) is 23.8 Å². The molecule has 2 heterocycles. The van der Waals surface area contributed by atoms with Gasteiger partial charge in [-0.1, -0.05) is 12.1 Å². The number of H-pyrrole nitrogens is 1. The molecule has 0 aliphatic carbocycles. The Morgan fingerprint density at radius 2 is 1.95 bits per heavy atom. The minimum absolute atomic E-state index is 0.268. The molecule has 0 spiro atoms. The Hall–Kier alpha value is -2.89. The van der Waals surface area contributed by atoms with Gasteiger partial charge in [-0.25, -0.2) is 9.97 Å². The smallest absolute Gasteiger partial charge is 0.277 e. The maximum atomic E-state index is 11.6. The fraction of sp³-hybridized carbons (Fsp3) is 0.133. The number of hydrogen-bond donors (Lipinski definition) is 1. The summed E-state index contributed by atoms with van der Waals surface area (Å²) in [4.78, 5) is 22.3. The Labute approximate surface area is 120 Å². The van der Waals surface area contributed by atoms with E-state index in [0.29, 0.717) is 18.0 Å². The number of fused-ring (bicyclic) bond motifs is 1. The molecule has 0 saturated carbocycles. The van der Waals surface area contributed by atoms with Gasteiger partial charge < -0.3 is 14.5 Å². The van der Waals surface area contributed by atoms with Crippen LogP contribution in [0.15, 0.2) is 47.5 Å². The van der Waals surface area contributed by atoms with Crippen molar-refractivity contribution in [2.24, 2.45) is 0 Å². The van der Waals surface area contributed by atoms with Crippen LogP contribution >= 0.6 is 0 Å². The predicted octanol–water partition coefficient (Wildman–Crippen LogP) is 1.91. The van der Waals surface area contributed by atoms with Crippen LogP contribution in [0.3, 0.4) is 0 Å². The number of ether oxygens (including phenoxy) is 2. The monoisotopic (exact) mass is 283 g/mol. The molecule has 106 valence electrons. The van der Waals surface area contributed by atoms with E-state index in [2.05, 4.69) is 15.0 Å². The largest absolute Gasteiger partial charge is 0.497 e. The standard InChI is InChI=1S/C15H13N3O3/c1-20-11-4-2-10(3-5-11)8-21-13-7-6-12-14(18-13)15(19)17-9-16-12/h2-7,9H,8H2,1H3,(H,16,17,19). The van der Waals surface area contributed by atoms with Gasteiger partial charge in [0, 0.05) is 6.07 Å². The number of methoxy groups -OCH3 is 1. The number of aromatic nitrogens is 3. The van der Waals surface area contributed by atoms with E-state index in [1.807, 2.05) is 24.3 Å². The van der Waals surface area contributed by atoms with Gasteiger partial charge in [-0.15, -0.1) is 0 Å². The molecule has 0 atom stereocenters. The van der Waals surface area contributed by atoms with E-state index in [0.717, 1.165) is 11.3 Å². The number of nitrogens with zero attached hydrogens (tertiary/aromatic N) is 2. The quantitative estimate of drug-likeness (QED) is 0.791. The number of benzene rings is 1. The number of rotatable bonds is 4. The summed E-state index contributed by atoms with van der Waals surface area (Å²) in [6.45, 7) is 0.362. The lowest BCUT2D eigenvalue weighted by Gasteiger charge is -2.06. The normalized spacial score (nSPS) is 10.5. The summed E-state index contributed by atoms with van der Waals surface area (Å²) in [5, 5.41) is 0. The Morgan fingerprint density at radius 3 is 2.71 bits per heavy atom. The molecule has 0 fully saturated rings. The summed E-state index contributed by atoms with van der Waals surface area (Å²) in [5.41, 5.74) is 1.51. The molecular weight excluding hydrogens is 270 g/mol. The lowest BCUT2D eigenvalue weighted by atomic mass is 10.2. The number of aromatic amines is 1. The van der Waals surface area contributed by atoms with Crippen molar-refractivity contribution >= 4 is 11.0 Å². The maximum absolute atomic E-state index is 11.6. The van der Waals surface area contributed by atoms with Crippen molar-refractivity contribution in [1.29, 1.82) is 0 Å². The van der Waals surface area contributed by atoms with E-state index in [9.17, 15) is 4.79 Å². The average molecular weight is 283 g/mol. The van der Waals surface area contributed by atoms with Gasteiger partial charge in [0.2, 0.25) is 5.88 Å². The fourth-order valence-electron chi connectivity index (χ4n) is 1.89. The van der Waals surface area contributed by atoms with Gasteiger partial charge in [-0.3, -0.25) is 4.79 Å². The molecular formula is C15H13N3O3. The summed E-state index contributed by atoms with van der Waals surface area (Å²) >= 11 is 0. The zero-order chi connectivity index (χ0) is 14.7. The molecule has 3 rings (SSSR count). The van der Waals surface area contributed by atoms with Gasteiger partial charge in [0.1, 0.15) is 12.4 Å². The second-order valence-corrected chi connectivity index (χ2v) is 4.39. The lowest BCUT2D eigenvalue weighted by molar-refractivity contribution is 0.294. The molecule has 6 nitrogen and oxygen atoms in total. The number of hydrogen-bond acceptors (Lipinski definition) is 5. The third-order valence-corrected chi connectivity index (χ3v) is 3.01. The van der Waals surface area contributed by atoms with E-state index in [4.69, 9.17) is 9.47 Å². The minimum atomic E-state index is -0.283. The van der Waals surface area contributed by atoms with Gasteiger partial charge in [0.15, 0.2) is 5.52 Å². The van der Waals surface area contributed by atoms with E-state index in [-0.39, 0.29) is 11.1 Å². The molecule has 2 aromatic heterocycles. The highest BCUT2D eigenvalue weighted by molar-refractivity contribution is 5.72. The SMILES string of the molecule is COc1ccc(COc2ccc3nc[nH]c(=O)c3n2)cc1. The van der Waals surface area contributed by atoms with Crippen molar-refractivity contribution in [2.75, 3.05) is 7.11 Å². The van der Waals surface area contributed by atoms with Gasteiger partial charge in [0.25, 0.3) is 5.56 Å². The molecule has 0 bridgehead atoms. The van der Waals surface area contributed by atoms with Crippen LogP contribution in [0, 0.1) is 0 Å². The predicted molar refractivity (Wildman–Crippen MR) is 77.5 cm³/mol. The van der Waals surface area contributed by atoms with Crippen LogP contribution in [-0.4, -0.2) is 22.1 Å². The molecule has 0 aliphatic rings. The summed E-state index contributed by atoms with van der Waals surface area (Å²) < 4.78 is 10.7. The molecule has 0 radical (unpaired) electrons. The molecule has 3 aromatic rings. The van der Waals surface area contributed by atoms with E-state index in [1.165, 1.54) is 6.33 Å². The van der Waals surface area contributed by atoms with Crippen LogP contribution in [0.5, 0.6) is 11.6 Å². The molecule has 0 amide bonds. The molecule has 21 heavy (non-hydrogen) atoms. The molecule has 6 heteroatoms. The zero-order valence-corrected chi connectivity index (χ0v) is 11.4. The second kappa shape index (κ2) is 5.62. The first-order valence-corrected chi connectivity index (χ1v) is 6.36. The van der Waals surface area contributed by atoms with Gasteiger partial charge in [-0.2, -0.15) is 0 Å². The minimum Gasteiger partial charge on any atom is -0.497 e. The van der Waals surface area contributed by atoms with Crippen molar-refractivity contribution in [3.8, 4) is 11.6 Å². The van der Waals surface area contributed by atoms with Crippen LogP contribution in [-0.2, 0) is 6.61 Å². The first-order valence-electron chi connectivity index (χ1n) is 6.36. The summed E-state index contributed by atoms with van der Waals surface area (Å²) in [6.07, 6.45) is 1.35. The van der Waals surface area contributed by atoms with Crippen molar-refractivity contribution in [3.05, 3.63) is 58.6 Å². The highest BCUT2D eigenvalue weighted by atomic mass is 16.5. The van der Waals surface area contributed by atoms with Crippen LogP contribution in [0.4, 0.5) is 0 Å². The van der Waals surface area contributed by atoms with E-state index >= 15 is 0 Å². The van der Waals surface area contributed by atoms with E-state index in [1.54, 1.807) is 19.2 Å². The van der Waals surface area contributed by atoms with Crippen molar-refractivity contribution in [2.45, 2.75) is 6.61 Å². The summed E-state index contributed by atoms with van der Waals surface area (Å²) in [6, 6.07) is 10.9. The molecule has 0 unspecified atom stereocenters. The molecule has 1 N–H and O–H groups in total. The Bertz CT molecular complexity index is 812. The van der Waals surface area contributed by atoms with Crippen molar-refractivity contribution in [3.63, 3.8) is 0 Å². The molecule has 1 aromatic carbocycles. The third kappa shape index (κ3) is 2.84. The second-order valence-electron chi connectivity index (χ2n) is 4.39. The van der Waals surface area contributed by atoms with E-state index < -0.39 is 0 Å². The molecule has 0 saturated heterocycles. The van der Waals surface area contributed by atoms with Gasteiger partial charge >= 0.3 is 0 Å². The fourth-order valence-corrected chi connectivity index (χ4v) is 1.89. The van der Waals surface area contributed by atoms with Crippen LogP contribution in [0.25, 0.3) is 11.0 Å². The summed E-state index contributed by atoms with van der Waals surface area (Å²) in [5.74, 6) is 1.18. The topological polar surface area (TPSA) is 77.1 Å². The van der Waals surface area contributed by atoms with Crippen LogP contribution in [0.1, 0.15) is 5.56 Å². The third-order valence-electron chi connectivity index (χ3n) is 3.01. The highest BCUT2D eigenvalue weighted by Gasteiger charge is 2.04. The first kappa shape index (κ1) is 13.1. The van der Waals surface area contributed by atoms with Crippen LogP contribution in [0.2, 0.25) is 0 Å². The van der Waals surface area contributed by atoms with Crippen LogP contribution < -0.4 is 15.0 Å². The first-order chi connectivity index (χ1) is 10.3. The maximum Gasteiger partial charge on any atom is 0.277 e. The lowest BCUT2D eigenvalue weighted by Crippen LogP contribution is -2.08.